The second-order valence-corrected chi connectivity index (χ2v) is 4.83. The molecule has 1 aliphatic heterocycles. The standard InChI is InChI=1S/C13H21N3O3/c1-16-8-10(7-14-16)3-4-13(17)15-11-5-6-19-9-12(11)18-2/h7-8,11-12H,3-6,9H2,1-2H3,(H,15,17)/t11-,12-/m1/s1. The molecule has 6 nitrogen and oxygen atoms in total. The molecule has 0 unspecified atom stereocenters. The van der Waals surface area contributed by atoms with Gasteiger partial charge in [-0.2, -0.15) is 5.10 Å². The summed E-state index contributed by atoms with van der Waals surface area (Å²) < 4.78 is 12.4. The zero-order chi connectivity index (χ0) is 13.7. The van der Waals surface area contributed by atoms with E-state index >= 15 is 0 Å². The Morgan fingerprint density at radius 1 is 1.68 bits per heavy atom. The first-order valence-corrected chi connectivity index (χ1v) is 6.56. The van der Waals surface area contributed by atoms with Crippen molar-refractivity contribution in [1.29, 1.82) is 0 Å². The van der Waals surface area contributed by atoms with Crippen LogP contribution in [0.1, 0.15) is 18.4 Å². The molecule has 0 bridgehead atoms. The zero-order valence-electron chi connectivity index (χ0n) is 11.5. The highest BCUT2D eigenvalue weighted by molar-refractivity contribution is 5.76. The predicted octanol–water partition coefficient (Wildman–Crippen LogP) is 0.273. The van der Waals surface area contributed by atoms with Gasteiger partial charge in [-0.1, -0.05) is 0 Å². The van der Waals surface area contributed by atoms with Gasteiger partial charge in [-0.3, -0.25) is 9.48 Å². The number of methoxy groups -OCH3 is 1. The number of nitrogens with zero attached hydrogens (tertiary/aromatic N) is 2. The summed E-state index contributed by atoms with van der Waals surface area (Å²) in [5, 5.41) is 7.11. The normalized spacial score (nSPS) is 23.3. The molecule has 6 heteroatoms. The highest BCUT2D eigenvalue weighted by atomic mass is 16.5. The van der Waals surface area contributed by atoms with Crippen LogP contribution < -0.4 is 5.32 Å². The van der Waals surface area contributed by atoms with E-state index in [2.05, 4.69) is 10.4 Å². The van der Waals surface area contributed by atoms with E-state index in [-0.39, 0.29) is 18.1 Å². The van der Waals surface area contributed by atoms with E-state index < -0.39 is 0 Å². The summed E-state index contributed by atoms with van der Waals surface area (Å²) in [4.78, 5) is 11.9. The number of rotatable bonds is 5. The molecule has 2 rings (SSSR count). The van der Waals surface area contributed by atoms with E-state index in [9.17, 15) is 4.79 Å². The fourth-order valence-electron chi connectivity index (χ4n) is 2.25. The van der Waals surface area contributed by atoms with Crippen LogP contribution in [0.2, 0.25) is 0 Å². The van der Waals surface area contributed by atoms with Crippen LogP contribution in [-0.2, 0) is 27.7 Å². The largest absolute Gasteiger partial charge is 0.379 e. The minimum atomic E-state index is -0.0453. The number of amides is 1. The van der Waals surface area contributed by atoms with E-state index in [4.69, 9.17) is 9.47 Å². The van der Waals surface area contributed by atoms with Gasteiger partial charge in [-0.25, -0.2) is 0 Å². The lowest BCUT2D eigenvalue weighted by atomic mass is 10.1. The third-order valence-electron chi connectivity index (χ3n) is 3.35. The van der Waals surface area contributed by atoms with Crippen molar-refractivity contribution in [3.8, 4) is 0 Å². The van der Waals surface area contributed by atoms with Crippen molar-refractivity contribution in [1.82, 2.24) is 15.1 Å². The Morgan fingerprint density at radius 2 is 2.53 bits per heavy atom. The third kappa shape index (κ3) is 4.04. The van der Waals surface area contributed by atoms with Crippen LogP contribution in [0.5, 0.6) is 0 Å². The second-order valence-electron chi connectivity index (χ2n) is 4.83. The van der Waals surface area contributed by atoms with Crippen molar-refractivity contribution >= 4 is 5.91 Å². The number of aromatic nitrogens is 2. The summed E-state index contributed by atoms with van der Waals surface area (Å²) in [6.45, 7) is 1.22. The smallest absolute Gasteiger partial charge is 0.220 e. The molecule has 0 radical (unpaired) electrons. The maximum atomic E-state index is 11.9. The number of ether oxygens (including phenoxy) is 2. The van der Waals surface area contributed by atoms with Crippen molar-refractivity contribution in [2.45, 2.75) is 31.4 Å². The first-order valence-electron chi connectivity index (χ1n) is 6.56. The zero-order valence-corrected chi connectivity index (χ0v) is 11.5. The lowest BCUT2D eigenvalue weighted by molar-refractivity contribution is -0.125. The van der Waals surface area contributed by atoms with Gasteiger partial charge in [0.2, 0.25) is 5.91 Å². The van der Waals surface area contributed by atoms with Crippen LogP contribution in [0.4, 0.5) is 0 Å². The van der Waals surface area contributed by atoms with Crippen LogP contribution in [-0.4, -0.2) is 48.2 Å². The number of carbonyl (C=O) groups excluding carboxylic acids is 1. The second kappa shape index (κ2) is 6.68. The van der Waals surface area contributed by atoms with E-state index in [1.54, 1.807) is 18.0 Å². The molecule has 2 atom stereocenters. The van der Waals surface area contributed by atoms with Gasteiger partial charge >= 0.3 is 0 Å². The highest BCUT2D eigenvalue weighted by Gasteiger charge is 2.26. The molecule has 1 fully saturated rings. The monoisotopic (exact) mass is 267 g/mol. The molecule has 2 heterocycles. The van der Waals surface area contributed by atoms with Crippen LogP contribution in [0.3, 0.4) is 0 Å². The van der Waals surface area contributed by atoms with Crippen LogP contribution in [0.25, 0.3) is 0 Å². The molecular formula is C13H21N3O3. The van der Waals surface area contributed by atoms with Crippen LogP contribution in [0, 0.1) is 0 Å². The maximum Gasteiger partial charge on any atom is 0.220 e. The molecular weight excluding hydrogens is 246 g/mol. The van der Waals surface area contributed by atoms with Gasteiger partial charge in [0, 0.05) is 33.4 Å². The van der Waals surface area contributed by atoms with Gasteiger partial charge in [0.15, 0.2) is 0 Å². The summed E-state index contributed by atoms with van der Waals surface area (Å²) in [5.74, 6) is 0.0535. The van der Waals surface area contributed by atoms with Crippen molar-refractivity contribution in [3.63, 3.8) is 0 Å². The number of aryl methyl sites for hydroxylation is 2. The molecule has 106 valence electrons. The molecule has 1 aromatic heterocycles. The number of nitrogens with one attached hydrogen (secondary N) is 1. The SMILES string of the molecule is CO[C@@H]1COCC[C@H]1NC(=O)CCc1cnn(C)c1. The fraction of sp³-hybridized carbons (Fsp3) is 0.692. The van der Waals surface area contributed by atoms with E-state index in [0.717, 1.165) is 12.0 Å². The summed E-state index contributed by atoms with van der Waals surface area (Å²) >= 11 is 0. The molecule has 0 aromatic carbocycles. The third-order valence-corrected chi connectivity index (χ3v) is 3.35. The van der Waals surface area contributed by atoms with Gasteiger partial charge in [0.05, 0.1) is 18.8 Å². The number of hydrogen-bond acceptors (Lipinski definition) is 4. The quantitative estimate of drug-likeness (QED) is 0.832. The first kappa shape index (κ1) is 14.0. The predicted molar refractivity (Wildman–Crippen MR) is 69.7 cm³/mol. The van der Waals surface area contributed by atoms with Crippen LogP contribution >= 0.6 is 0 Å². The number of carbonyl (C=O) groups is 1. The maximum absolute atomic E-state index is 11.9. The Balaban J connectivity index is 1.77. The molecule has 0 aliphatic carbocycles. The molecule has 1 N–H and O–H groups in total. The van der Waals surface area contributed by atoms with Gasteiger partial charge in [-0.15, -0.1) is 0 Å². The van der Waals surface area contributed by atoms with Gasteiger partial charge in [0.1, 0.15) is 6.10 Å². The fourth-order valence-corrected chi connectivity index (χ4v) is 2.25. The molecule has 1 aliphatic rings. The van der Waals surface area contributed by atoms with Crippen molar-refractivity contribution < 1.29 is 14.3 Å². The van der Waals surface area contributed by atoms with E-state index in [1.165, 1.54) is 0 Å². The molecule has 1 saturated heterocycles. The molecule has 19 heavy (non-hydrogen) atoms. The Labute approximate surface area is 113 Å². The highest BCUT2D eigenvalue weighted by Crippen LogP contribution is 2.11. The summed E-state index contributed by atoms with van der Waals surface area (Å²) in [6.07, 6.45) is 5.66. The van der Waals surface area contributed by atoms with E-state index in [0.29, 0.717) is 26.1 Å². The lowest BCUT2D eigenvalue weighted by Gasteiger charge is -2.31. The van der Waals surface area contributed by atoms with Gasteiger partial charge < -0.3 is 14.8 Å². The molecule has 1 aromatic rings. The number of hydrogen-bond donors (Lipinski definition) is 1. The van der Waals surface area contributed by atoms with Crippen molar-refractivity contribution in [3.05, 3.63) is 18.0 Å². The molecule has 0 saturated carbocycles. The Morgan fingerprint density at radius 3 is 3.21 bits per heavy atom. The van der Waals surface area contributed by atoms with E-state index in [1.807, 2.05) is 13.2 Å². The average Bonchev–Trinajstić information content (AvgIpc) is 2.83. The summed E-state index contributed by atoms with van der Waals surface area (Å²) in [5.41, 5.74) is 1.08. The Hall–Kier alpha value is -1.40. The van der Waals surface area contributed by atoms with Gasteiger partial charge in [-0.05, 0) is 18.4 Å². The molecule has 1 amide bonds. The minimum absolute atomic E-state index is 0.0453. The van der Waals surface area contributed by atoms with Crippen LogP contribution in [0.15, 0.2) is 12.4 Å². The first-order chi connectivity index (χ1) is 9.19. The Kier molecular flexibility index (Phi) is 4.93. The van der Waals surface area contributed by atoms with Crippen molar-refractivity contribution in [2.75, 3.05) is 20.3 Å². The van der Waals surface area contributed by atoms with Gasteiger partial charge in [0.25, 0.3) is 0 Å². The summed E-state index contributed by atoms with van der Waals surface area (Å²) in [7, 11) is 3.52. The topological polar surface area (TPSA) is 65.4 Å². The lowest BCUT2D eigenvalue weighted by Crippen LogP contribution is -2.49. The summed E-state index contributed by atoms with van der Waals surface area (Å²) in [6, 6.07) is 0.0557. The minimum Gasteiger partial charge on any atom is -0.379 e. The van der Waals surface area contributed by atoms with Crippen molar-refractivity contribution in [2.24, 2.45) is 7.05 Å². The molecule has 0 spiro atoms. The Bertz CT molecular complexity index is 419. The average molecular weight is 267 g/mol.